The van der Waals surface area contributed by atoms with Gasteiger partial charge >= 0.3 is 18.1 Å². The van der Waals surface area contributed by atoms with Crippen LogP contribution in [0, 0.1) is 13.8 Å². The van der Waals surface area contributed by atoms with Gasteiger partial charge in [-0.2, -0.15) is 0 Å². The van der Waals surface area contributed by atoms with Crippen molar-refractivity contribution in [2.75, 3.05) is 24.7 Å². The fraction of sp³-hybridized carbons (Fsp3) is 0.465. The summed E-state index contributed by atoms with van der Waals surface area (Å²) in [5.74, 6) is 1.87. The lowest BCUT2D eigenvalue weighted by atomic mass is 10.2. The van der Waals surface area contributed by atoms with Crippen LogP contribution in [0.15, 0.2) is 79.3 Å². The topological polar surface area (TPSA) is 139 Å². The van der Waals surface area contributed by atoms with Crippen LogP contribution < -0.4 is 30.7 Å². The van der Waals surface area contributed by atoms with Crippen LogP contribution in [0.4, 0.5) is 21.0 Å². The number of carbonyl (C=O) groups excluding carboxylic acids is 2. The number of hydrogen-bond acceptors (Lipinski definition) is 7. The van der Waals surface area contributed by atoms with E-state index in [1.165, 1.54) is 25.0 Å². The van der Waals surface area contributed by atoms with Crippen molar-refractivity contribution < 1.29 is 19.1 Å². The molecule has 0 aliphatic rings. The molecule has 4 rings (SSSR count). The Morgan fingerprint density at radius 3 is 1.11 bits per heavy atom. The summed E-state index contributed by atoms with van der Waals surface area (Å²) < 4.78 is 11.0. The lowest BCUT2D eigenvalue weighted by Gasteiger charge is -2.07. The maximum Gasteiger partial charge on any atom is 0.322 e. The minimum Gasteiger partial charge on any atom is -0.439 e. The second-order valence-electron chi connectivity index (χ2n) is 7.88. The van der Waals surface area contributed by atoms with Gasteiger partial charge in [-0.15, -0.1) is 0 Å². The van der Waals surface area contributed by atoms with Crippen molar-refractivity contribution in [3.63, 3.8) is 0 Å². The number of pyridine rings is 1. The van der Waals surface area contributed by atoms with Crippen LogP contribution in [-0.2, 0) is 0 Å². The molecule has 0 fully saturated rings. The SMILES string of the molecule is CC.CC.CC.CC.CC.CC.CC.CC.CNC(=O)Nc1ccc(Oc2ccc(C)cc2)nc1.CNC(=O)Nc1cnc(Oc2ccc(C)cc2)nc1. The molecule has 0 bridgehead atoms. The van der Waals surface area contributed by atoms with E-state index in [0.29, 0.717) is 23.0 Å². The summed E-state index contributed by atoms with van der Waals surface area (Å²) in [7, 11) is 3.09. The van der Waals surface area contributed by atoms with Crippen LogP contribution in [0.2, 0.25) is 0 Å². The van der Waals surface area contributed by atoms with Gasteiger partial charge in [-0.3, -0.25) is 0 Å². The van der Waals surface area contributed by atoms with Crippen LogP contribution >= 0.6 is 0 Å². The summed E-state index contributed by atoms with van der Waals surface area (Å²) in [6.07, 6.45) is 4.50. The average Bonchev–Trinajstić information content (AvgIpc) is 3.27. The van der Waals surface area contributed by atoms with Gasteiger partial charge in [0.2, 0.25) is 5.88 Å². The van der Waals surface area contributed by atoms with Gasteiger partial charge in [0.25, 0.3) is 0 Å². The predicted octanol–water partition coefficient (Wildman–Crippen LogP) is 13.5. The monoisotopic (exact) mass is 756 g/mol. The Morgan fingerprint density at radius 2 is 0.778 bits per heavy atom. The van der Waals surface area contributed by atoms with Crippen molar-refractivity contribution in [1.29, 1.82) is 0 Å². The molecule has 2 heterocycles. The van der Waals surface area contributed by atoms with E-state index in [1.807, 2.05) is 173 Å². The third-order valence-corrected chi connectivity index (χ3v) is 4.81. The maximum atomic E-state index is 11.1. The first-order chi connectivity index (χ1) is 26.3. The molecule has 0 unspecified atom stereocenters. The fourth-order valence-corrected chi connectivity index (χ4v) is 2.77. The Kier molecular flexibility index (Phi) is 53.9. The first-order valence-corrected chi connectivity index (χ1v) is 19.6. The van der Waals surface area contributed by atoms with Crippen molar-refractivity contribution in [2.45, 2.75) is 125 Å². The molecule has 54 heavy (non-hydrogen) atoms. The molecule has 2 aromatic carbocycles. The summed E-state index contributed by atoms with van der Waals surface area (Å²) in [5, 5.41) is 10.1. The molecule has 0 saturated carbocycles. The van der Waals surface area contributed by atoms with E-state index in [9.17, 15) is 9.59 Å². The molecule has 0 aliphatic carbocycles. The quantitative estimate of drug-likeness (QED) is 0.154. The van der Waals surface area contributed by atoms with E-state index in [0.717, 1.165) is 11.3 Å². The van der Waals surface area contributed by atoms with E-state index >= 15 is 0 Å². The van der Waals surface area contributed by atoms with Crippen LogP contribution in [0.3, 0.4) is 0 Å². The number of hydrogen-bond donors (Lipinski definition) is 4. The number of nitrogens with one attached hydrogen (secondary N) is 4. The molecule has 4 aromatic rings. The van der Waals surface area contributed by atoms with Gasteiger partial charge in [0, 0.05) is 20.2 Å². The Morgan fingerprint density at radius 1 is 0.444 bits per heavy atom. The number of ether oxygens (including phenoxy) is 2. The Bertz CT molecular complexity index is 1210. The highest BCUT2D eigenvalue weighted by Crippen LogP contribution is 2.21. The highest BCUT2D eigenvalue weighted by Gasteiger charge is 2.04. The number of benzene rings is 2. The summed E-state index contributed by atoms with van der Waals surface area (Å²) in [6.45, 7) is 36.0. The molecule has 11 heteroatoms. The van der Waals surface area contributed by atoms with Crippen molar-refractivity contribution in [1.82, 2.24) is 25.6 Å². The molecule has 11 nitrogen and oxygen atoms in total. The second-order valence-corrected chi connectivity index (χ2v) is 7.88. The molecular weight excluding hydrogens is 679 g/mol. The number of carbonyl (C=O) groups is 2. The van der Waals surface area contributed by atoms with Crippen molar-refractivity contribution in [3.05, 3.63) is 90.4 Å². The summed E-state index contributed by atoms with van der Waals surface area (Å²) in [4.78, 5) is 34.3. The summed E-state index contributed by atoms with van der Waals surface area (Å²) in [6, 6.07) is 18.3. The number of nitrogens with zero attached hydrogens (tertiary/aromatic N) is 3. The molecule has 2 aromatic heterocycles. The second kappa shape index (κ2) is 47.8. The van der Waals surface area contributed by atoms with Gasteiger partial charge in [-0.25, -0.2) is 24.5 Å². The number of rotatable bonds is 6. The van der Waals surface area contributed by atoms with Gasteiger partial charge in [0.15, 0.2) is 0 Å². The molecule has 0 aliphatic heterocycles. The zero-order valence-corrected chi connectivity index (χ0v) is 37.5. The zero-order chi connectivity index (χ0) is 43.3. The van der Waals surface area contributed by atoms with E-state index in [-0.39, 0.29) is 18.1 Å². The van der Waals surface area contributed by atoms with Crippen molar-refractivity contribution >= 4 is 23.4 Å². The van der Waals surface area contributed by atoms with E-state index in [1.54, 1.807) is 25.4 Å². The largest absolute Gasteiger partial charge is 0.439 e. The molecule has 0 radical (unpaired) electrons. The smallest absolute Gasteiger partial charge is 0.322 e. The van der Waals surface area contributed by atoms with Gasteiger partial charge in [-0.05, 0) is 44.2 Å². The molecule has 0 atom stereocenters. The zero-order valence-electron chi connectivity index (χ0n) is 37.5. The average molecular weight is 756 g/mol. The highest BCUT2D eigenvalue weighted by molar-refractivity contribution is 5.89. The van der Waals surface area contributed by atoms with Gasteiger partial charge < -0.3 is 30.7 Å². The normalized spacial score (nSPS) is 7.78. The summed E-state index contributed by atoms with van der Waals surface area (Å²) in [5.41, 5.74) is 3.43. The first-order valence-electron chi connectivity index (χ1n) is 19.6. The maximum absolute atomic E-state index is 11.1. The molecule has 4 amide bonds. The third kappa shape index (κ3) is 32.7. The van der Waals surface area contributed by atoms with E-state index in [2.05, 4.69) is 36.2 Å². The molecule has 0 spiro atoms. The third-order valence-electron chi connectivity index (χ3n) is 4.81. The number of urea groups is 2. The van der Waals surface area contributed by atoms with E-state index in [4.69, 9.17) is 9.47 Å². The van der Waals surface area contributed by atoms with Crippen LogP contribution in [0.5, 0.6) is 23.4 Å². The number of anilines is 2. The molecule has 308 valence electrons. The Hall–Kier alpha value is -5.19. The number of amides is 4. The van der Waals surface area contributed by atoms with Gasteiger partial charge in [0.05, 0.1) is 30.0 Å². The first kappa shape index (κ1) is 60.9. The van der Waals surface area contributed by atoms with Crippen molar-refractivity contribution in [2.24, 2.45) is 0 Å². The fourth-order valence-electron chi connectivity index (χ4n) is 2.77. The molecular formula is C43H77N7O4. The minimum atomic E-state index is -0.323. The minimum absolute atomic E-state index is 0.228. The Labute approximate surface area is 330 Å². The van der Waals surface area contributed by atoms with Crippen LogP contribution in [-0.4, -0.2) is 41.1 Å². The summed E-state index contributed by atoms with van der Waals surface area (Å²) >= 11 is 0. The molecule has 0 saturated heterocycles. The lowest BCUT2D eigenvalue weighted by molar-refractivity contribution is 0.253. The standard InChI is InChI=1S/C14H15N3O2.C13H14N4O2.8C2H6/c1-10-3-6-12(7-4-10)19-13-8-5-11(9-16-13)17-14(18)15-2;1-9-3-5-11(6-4-9)19-13-15-7-10(8-16-13)17-12(18)14-2;8*1-2/h3-9H,1-2H3,(H2,15,17,18);3-8H,1-2H3,(H2,14,17,18);8*1-2H3. The molecule has 4 N–H and O–H groups in total. The van der Waals surface area contributed by atoms with Crippen LogP contribution in [0.1, 0.15) is 122 Å². The number of aryl methyl sites for hydroxylation is 2. The highest BCUT2D eigenvalue weighted by atomic mass is 16.5. The van der Waals surface area contributed by atoms with E-state index < -0.39 is 0 Å². The van der Waals surface area contributed by atoms with Crippen molar-refractivity contribution in [3.8, 4) is 23.4 Å². The number of aromatic nitrogens is 3. The Balaban J connectivity index is -0.000000156. The van der Waals surface area contributed by atoms with Gasteiger partial charge in [0.1, 0.15) is 11.5 Å². The predicted molar refractivity (Wildman–Crippen MR) is 236 cm³/mol. The lowest BCUT2D eigenvalue weighted by Crippen LogP contribution is -2.24. The van der Waals surface area contributed by atoms with Crippen LogP contribution in [0.25, 0.3) is 0 Å². The van der Waals surface area contributed by atoms with Gasteiger partial charge in [-0.1, -0.05) is 146 Å².